The highest BCUT2D eigenvalue weighted by Crippen LogP contribution is 2.21. The monoisotopic (exact) mass is 191 g/mol. The summed E-state index contributed by atoms with van der Waals surface area (Å²) in [5.41, 5.74) is 7.89. The van der Waals surface area contributed by atoms with Crippen molar-refractivity contribution in [1.29, 1.82) is 0 Å². The number of hydrogen-bond acceptors (Lipinski definition) is 3. The lowest BCUT2D eigenvalue weighted by Crippen LogP contribution is -2.13. The molecule has 0 saturated carbocycles. The lowest BCUT2D eigenvalue weighted by Gasteiger charge is -2.06. The maximum Gasteiger partial charge on any atom is 0.129 e. The molecule has 0 aliphatic carbocycles. The van der Waals surface area contributed by atoms with E-state index in [1.54, 1.807) is 10.9 Å². The molecule has 2 aromatic rings. The van der Waals surface area contributed by atoms with Crippen LogP contribution in [0.15, 0.2) is 29.0 Å². The van der Waals surface area contributed by atoms with Crippen LogP contribution in [0.1, 0.15) is 23.1 Å². The minimum atomic E-state index is -0.272. The smallest absolute Gasteiger partial charge is 0.129 e. The second kappa shape index (κ2) is 3.31. The standard InChI is InChI=1S/C10H13N3O/c1-7-4-6-14-10(7)9(11)8-3-5-13(2)12-8/h3-6,9H,11H2,1-2H3. The molecular formula is C10H13N3O. The zero-order chi connectivity index (χ0) is 10.1. The van der Waals surface area contributed by atoms with Gasteiger partial charge in [-0.05, 0) is 24.6 Å². The van der Waals surface area contributed by atoms with E-state index < -0.39 is 0 Å². The number of nitrogens with zero attached hydrogens (tertiary/aromatic N) is 2. The summed E-state index contributed by atoms with van der Waals surface area (Å²) in [6.07, 6.45) is 3.51. The average molecular weight is 191 g/mol. The van der Waals surface area contributed by atoms with Crippen LogP contribution in [0.2, 0.25) is 0 Å². The SMILES string of the molecule is Cc1ccoc1C(N)c1ccn(C)n1. The number of hydrogen-bond donors (Lipinski definition) is 1. The van der Waals surface area contributed by atoms with Crippen molar-refractivity contribution in [3.05, 3.63) is 41.6 Å². The van der Waals surface area contributed by atoms with E-state index in [1.807, 2.05) is 32.3 Å². The third-order valence-electron chi connectivity index (χ3n) is 2.24. The molecule has 74 valence electrons. The Hall–Kier alpha value is -1.55. The average Bonchev–Trinajstić information content (AvgIpc) is 2.73. The van der Waals surface area contributed by atoms with Crippen molar-refractivity contribution in [3.63, 3.8) is 0 Å². The van der Waals surface area contributed by atoms with Crippen LogP contribution in [0, 0.1) is 6.92 Å². The summed E-state index contributed by atoms with van der Waals surface area (Å²) in [5, 5.41) is 4.24. The van der Waals surface area contributed by atoms with Gasteiger partial charge < -0.3 is 10.2 Å². The fourth-order valence-electron chi connectivity index (χ4n) is 1.44. The highest BCUT2D eigenvalue weighted by molar-refractivity contribution is 5.25. The first-order chi connectivity index (χ1) is 6.68. The van der Waals surface area contributed by atoms with Gasteiger partial charge in [0.05, 0.1) is 12.0 Å². The maximum absolute atomic E-state index is 6.01. The van der Waals surface area contributed by atoms with Gasteiger partial charge in [-0.3, -0.25) is 4.68 Å². The molecule has 2 rings (SSSR count). The molecule has 0 saturated heterocycles. The molecule has 2 aromatic heterocycles. The zero-order valence-electron chi connectivity index (χ0n) is 8.27. The Morgan fingerprint density at radius 3 is 2.79 bits per heavy atom. The maximum atomic E-state index is 6.01. The fourth-order valence-corrected chi connectivity index (χ4v) is 1.44. The Morgan fingerprint density at radius 1 is 1.50 bits per heavy atom. The summed E-state index contributed by atoms with van der Waals surface area (Å²) >= 11 is 0. The van der Waals surface area contributed by atoms with E-state index in [0.717, 1.165) is 17.0 Å². The Kier molecular flexibility index (Phi) is 2.13. The Bertz CT molecular complexity index is 430. The van der Waals surface area contributed by atoms with Crippen LogP contribution < -0.4 is 5.73 Å². The van der Waals surface area contributed by atoms with Gasteiger partial charge in [0.2, 0.25) is 0 Å². The summed E-state index contributed by atoms with van der Waals surface area (Å²) in [4.78, 5) is 0. The number of rotatable bonds is 2. The molecule has 14 heavy (non-hydrogen) atoms. The lowest BCUT2D eigenvalue weighted by molar-refractivity contribution is 0.481. The zero-order valence-corrected chi connectivity index (χ0v) is 8.27. The van der Waals surface area contributed by atoms with Crippen LogP contribution in [-0.4, -0.2) is 9.78 Å². The van der Waals surface area contributed by atoms with Gasteiger partial charge in [0, 0.05) is 13.2 Å². The summed E-state index contributed by atoms with van der Waals surface area (Å²) in [6.45, 7) is 1.97. The lowest BCUT2D eigenvalue weighted by atomic mass is 10.1. The molecule has 4 heteroatoms. The van der Waals surface area contributed by atoms with Crippen LogP contribution >= 0.6 is 0 Å². The van der Waals surface area contributed by atoms with Crippen LogP contribution in [0.3, 0.4) is 0 Å². The van der Waals surface area contributed by atoms with Gasteiger partial charge in [-0.1, -0.05) is 0 Å². The number of aromatic nitrogens is 2. The van der Waals surface area contributed by atoms with Gasteiger partial charge in [-0.25, -0.2) is 0 Å². The highest BCUT2D eigenvalue weighted by Gasteiger charge is 2.16. The Balaban J connectivity index is 2.33. The van der Waals surface area contributed by atoms with Crippen molar-refractivity contribution in [3.8, 4) is 0 Å². The molecule has 0 aromatic carbocycles. The van der Waals surface area contributed by atoms with Gasteiger partial charge in [-0.15, -0.1) is 0 Å². The molecule has 0 aliphatic rings. The largest absolute Gasteiger partial charge is 0.467 e. The van der Waals surface area contributed by atoms with E-state index in [4.69, 9.17) is 10.2 Å². The molecule has 2 N–H and O–H groups in total. The first kappa shape index (κ1) is 9.02. The Labute approximate surface area is 82.3 Å². The molecule has 0 bridgehead atoms. The van der Waals surface area contributed by atoms with E-state index in [2.05, 4.69) is 5.10 Å². The third kappa shape index (κ3) is 1.44. The third-order valence-corrected chi connectivity index (χ3v) is 2.24. The quantitative estimate of drug-likeness (QED) is 0.780. The topological polar surface area (TPSA) is 57.0 Å². The number of nitrogens with two attached hydrogens (primary N) is 1. The molecular weight excluding hydrogens is 178 g/mol. The van der Waals surface area contributed by atoms with E-state index in [-0.39, 0.29) is 6.04 Å². The first-order valence-corrected chi connectivity index (χ1v) is 4.47. The van der Waals surface area contributed by atoms with E-state index >= 15 is 0 Å². The first-order valence-electron chi connectivity index (χ1n) is 4.47. The number of aryl methyl sites for hydroxylation is 2. The summed E-state index contributed by atoms with van der Waals surface area (Å²) in [6, 6.07) is 3.52. The predicted octanol–water partition coefficient (Wildman–Crippen LogP) is 1.37. The minimum absolute atomic E-state index is 0.272. The Morgan fingerprint density at radius 2 is 2.29 bits per heavy atom. The fraction of sp³-hybridized carbons (Fsp3) is 0.300. The number of furan rings is 1. The predicted molar refractivity (Wildman–Crippen MR) is 52.7 cm³/mol. The minimum Gasteiger partial charge on any atom is -0.467 e. The van der Waals surface area contributed by atoms with Crippen LogP contribution in [-0.2, 0) is 7.05 Å². The second-order valence-electron chi connectivity index (χ2n) is 3.36. The molecule has 0 aliphatic heterocycles. The molecule has 4 nitrogen and oxygen atoms in total. The van der Waals surface area contributed by atoms with Crippen molar-refractivity contribution < 1.29 is 4.42 Å². The van der Waals surface area contributed by atoms with Crippen molar-refractivity contribution in [1.82, 2.24) is 9.78 Å². The van der Waals surface area contributed by atoms with Crippen molar-refractivity contribution in [2.45, 2.75) is 13.0 Å². The van der Waals surface area contributed by atoms with Crippen molar-refractivity contribution in [2.75, 3.05) is 0 Å². The molecule has 1 unspecified atom stereocenters. The van der Waals surface area contributed by atoms with Gasteiger partial charge in [-0.2, -0.15) is 5.10 Å². The van der Waals surface area contributed by atoms with Gasteiger partial charge in [0.25, 0.3) is 0 Å². The highest BCUT2D eigenvalue weighted by atomic mass is 16.3. The van der Waals surface area contributed by atoms with E-state index in [0.29, 0.717) is 0 Å². The van der Waals surface area contributed by atoms with Gasteiger partial charge in [0.1, 0.15) is 11.8 Å². The summed E-state index contributed by atoms with van der Waals surface area (Å²) < 4.78 is 7.05. The van der Waals surface area contributed by atoms with Crippen LogP contribution in [0.25, 0.3) is 0 Å². The normalized spacial score (nSPS) is 13.1. The second-order valence-corrected chi connectivity index (χ2v) is 3.36. The van der Waals surface area contributed by atoms with Crippen LogP contribution in [0.5, 0.6) is 0 Å². The molecule has 0 amide bonds. The van der Waals surface area contributed by atoms with E-state index in [1.165, 1.54) is 0 Å². The molecule has 0 radical (unpaired) electrons. The summed E-state index contributed by atoms with van der Waals surface area (Å²) in [5.74, 6) is 0.781. The van der Waals surface area contributed by atoms with Gasteiger partial charge in [0.15, 0.2) is 0 Å². The van der Waals surface area contributed by atoms with E-state index in [9.17, 15) is 0 Å². The molecule has 0 fully saturated rings. The molecule has 1 atom stereocenters. The molecule has 2 heterocycles. The van der Waals surface area contributed by atoms with Crippen LogP contribution in [0.4, 0.5) is 0 Å². The van der Waals surface area contributed by atoms with Crippen molar-refractivity contribution in [2.24, 2.45) is 12.8 Å². The molecule has 0 spiro atoms. The van der Waals surface area contributed by atoms with Crippen molar-refractivity contribution >= 4 is 0 Å². The summed E-state index contributed by atoms with van der Waals surface area (Å²) in [7, 11) is 1.87. The van der Waals surface area contributed by atoms with Gasteiger partial charge >= 0.3 is 0 Å².